The lowest BCUT2D eigenvalue weighted by Gasteiger charge is -2.26. The number of anilines is 3. The molecule has 5 rings (SSSR count). The first-order chi connectivity index (χ1) is 14.7. The van der Waals surface area contributed by atoms with Gasteiger partial charge in [-0.25, -0.2) is 24.5 Å². The molecule has 0 radical (unpaired) electrons. The smallest absolute Gasteiger partial charge is 0.251 e. The molecule has 0 atom stereocenters. The number of nitrogens with zero attached hydrogens (tertiary/aromatic N) is 7. The molecule has 0 bridgehead atoms. The van der Waals surface area contributed by atoms with Crippen LogP contribution in [0.4, 0.5) is 17.5 Å². The zero-order valence-corrected chi connectivity index (χ0v) is 16.0. The van der Waals surface area contributed by atoms with Crippen molar-refractivity contribution in [3.8, 4) is 11.5 Å². The van der Waals surface area contributed by atoms with Crippen molar-refractivity contribution in [3.63, 3.8) is 0 Å². The van der Waals surface area contributed by atoms with Gasteiger partial charge in [0.1, 0.15) is 18.3 Å². The molecule has 11 heteroatoms. The van der Waals surface area contributed by atoms with Gasteiger partial charge in [0.05, 0.1) is 29.8 Å². The fourth-order valence-corrected chi connectivity index (χ4v) is 3.45. The highest BCUT2D eigenvalue weighted by atomic mass is 16.3. The summed E-state index contributed by atoms with van der Waals surface area (Å²) < 4.78 is 7.02. The van der Waals surface area contributed by atoms with E-state index in [0.717, 1.165) is 19.0 Å². The molecule has 1 amide bonds. The van der Waals surface area contributed by atoms with E-state index in [4.69, 9.17) is 10.2 Å². The summed E-state index contributed by atoms with van der Waals surface area (Å²) in [5, 5.41) is 7.42. The summed E-state index contributed by atoms with van der Waals surface area (Å²) in [6.07, 6.45) is 11.3. The van der Waals surface area contributed by atoms with E-state index in [1.54, 1.807) is 29.2 Å². The highest BCUT2D eigenvalue weighted by Gasteiger charge is 2.17. The number of carbonyl (C=O) groups is 1. The summed E-state index contributed by atoms with van der Waals surface area (Å²) >= 11 is 0. The third-order valence-corrected chi connectivity index (χ3v) is 4.98. The monoisotopic (exact) mass is 405 g/mol. The lowest BCUT2D eigenvalue weighted by atomic mass is 10.1. The van der Waals surface area contributed by atoms with Crippen molar-refractivity contribution >= 4 is 29.0 Å². The van der Waals surface area contributed by atoms with Gasteiger partial charge in [-0.2, -0.15) is 5.10 Å². The molecule has 3 N–H and O–H groups in total. The molecule has 0 aromatic carbocycles. The molecule has 1 aliphatic rings. The minimum absolute atomic E-state index is 0.270. The van der Waals surface area contributed by atoms with Crippen LogP contribution in [0.2, 0.25) is 0 Å². The van der Waals surface area contributed by atoms with E-state index in [9.17, 15) is 4.79 Å². The van der Waals surface area contributed by atoms with Crippen molar-refractivity contribution in [1.29, 1.82) is 0 Å². The number of carbonyl (C=O) groups excluding carboxylic acids is 1. The first kappa shape index (κ1) is 18.0. The number of nitrogens with two attached hydrogens (primary N) is 1. The second-order valence-corrected chi connectivity index (χ2v) is 7.00. The van der Waals surface area contributed by atoms with Gasteiger partial charge in [-0.15, -0.1) is 0 Å². The Labute approximate surface area is 171 Å². The number of nitrogens with one attached hydrogen (secondary N) is 1. The zero-order chi connectivity index (χ0) is 20.5. The molecule has 1 saturated heterocycles. The molecule has 11 nitrogen and oxygen atoms in total. The number of piperidine rings is 1. The average Bonchev–Trinajstić information content (AvgIpc) is 3.46. The Bertz CT molecular complexity index is 1190. The van der Waals surface area contributed by atoms with Crippen LogP contribution >= 0.6 is 0 Å². The Kier molecular flexibility index (Phi) is 4.46. The maximum absolute atomic E-state index is 11.3. The Hall–Kier alpha value is -4.02. The van der Waals surface area contributed by atoms with Crippen molar-refractivity contribution in [2.24, 2.45) is 5.73 Å². The van der Waals surface area contributed by atoms with Gasteiger partial charge in [-0.1, -0.05) is 0 Å². The molecule has 0 saturated carbocycles. The molecular weight excluding hydrogens is 386 g/mol. The fraction of sp³-hybridized carbons (Fsp3) is 0.263. The van der Waals surface area contributed by atoms with Crippen molar-refractivity contribution < 1.29 is 9.21 Å². The molecule has 0 spiro atoms. The second kappa shape index (κ2) is 7.43. The van der Waals surface area contributed by atoms with E-state index in [-0.39, 0.29) is 5.56 Å². The Morgan fingerprint density at radius 3 is 2.60 bits per heavy atom. The summed E-state index contributed by atoms with van der Waals surface area (Å²) in [5.41, 5.74) is 7.28. The minimum atomic E-state index is -0.570. The fourth-order valence-electron chi connectivity index (χ4n) is 3.45. The van der Waals surface area contributed by atoms with Crippen molar-refractivity contribution in [2.45, 2.75) is 19.3 Å². The number of furan rings is 1. The van der Waals surface area contributed by atoms with Gasteiger partial charge in [0.2, 0.25) is 5.95 Å². The average molecular weight is 405 g/mol. The largest absolute Gasteiger partial charge is 0.462 e. The molecule has 4 aromatic rings. The standard InChI is InChI=1S/C19H19N9O2/c20-16(29)12-6-15(30-10-12)14-9-21-17(18-24-11-25-28(14)18)26-13-7-22-19(23-8-13)27-4-2-1-3-5-27/h6-11H,1-5H2,(H2,20,29)(H,21,26). The van der Waals surface area contributed by atoms with E-state index in [0.29, 0.717) is 28.6 Å². The maximum Gasteiger partial charge on any atom is 0.251 e. The molecular formula is C19H19N9O2. The number of aromatic nitrogens is 6. The van der Waals surface area contributed by atoms with Crippen LogP contribution in [-0.4, -0.2) is 48.5 Å². The molecule has 0 unspecified atom stereocenters. The third kappa shape index (κ3) is 3.30. The molecule has 30 heavy (non-hydrogen) atoms. The Morgan fingerprint density at radius 1 is 1.07 bits per heavy atom. The van der Waals surface area contributed by atoms with Gasteiger partial charge in [0.15, 0.2) is 17.2 Å². The molecule has 152 valence electrons. The predicted octanol–water partition coefficient (Wildman–Crippen LogP) is 2.01. The van der Waals surface area contributed by atoms with Crippen LogP contribution in [0.15, 0.2) is 41.7 Å². The summed E-state index contributed by atoms with van der Waals surface area (Å²) in [6.45, 7) is 1.97. The van der Waals surface area contributed by atoms with Gasteiger partial charge < -0.3 is 20.4 Å². The van der Waals surface area contributed by atoms with Crippen molar-refractivity contribution in [3.05, 3.63) is 42.8 Å². The van der Waals surface area contributed by atoms with Crippen molar-refractivity contribution in [2.75, 3.05) is 23.3 Å². The van der Waals surface area contributed by atoms with E-state index in [1.807, 2.05) is 0 Å². The Balaban J connectivity index is 1.41. The highest BCUT2D eigenvalue weighted by Crippen LogP contribution is 2.26. The number of hydrogen-bond donors (Lipinski definition) is 2. The van der Waals surface area contributed by atoms with E-state index in [2.05, 4.69) is 35.3 Å². The van der Waals surface area contributed by atoms with Crippen LogP contribution in [0.5, 0.6) is 0 Å². The van der Waals surface area contributed by atoms with Crippen LogP contribution in [0.3, 0.4) is 0 Å². The summed E-state index contributed by atoms with van der Waals surface area (Å²) in [6, 6.07) is 1.54. The SMILES string of the molecule is NC(=O)c1coc(-c2cnc(Nc3cnc(N4CCCCC4)nc3)c3ncnn23)c1. The molecule has 1 aliphatic heterocycles. The second-order valence-electron chi connectivity index (χ2n) is 7.00. The topological polar surface area (TPSA) is 140 Å². The first-order valence-electron chi connectivity index (χ1n) is 9.60. The van der Waals surface area contributed by atoms with Gasteiger partial charge in [-0.05, 0) is 25.3 Å². The summed E-state index contributed by atoms with van der Waals surface area (Å²) in [4.78, 5) is 31.2. The number of primary amides is 1. The van der Waals surface area contributed by atoms with Gasteiger partial charge in [0.25, 0.3) is 5.91 Å². The quantitative estimate of drug-likeness (QED) is 0.510. The molecule has 1 fully saturated rings. The Morgan fingerprint density at radius 2 is 1.87 bits per heavy atom. The maximum atomic E-state index is 11.3. The zero-order valence-electron chi connectivity index (χ0n) is 16.0. The number of rotatable bonds is 5. The van der Waals surface area contributed by atoms with Crippen LogP contribution in [-0.2, 0) is 0 Å². The predicted molar refractivity (Wildman–Crippen MR) is 108 cm³/mol. The van der Waals surface area contributed by atoms with E-state index >= 15 is 0 Å². The van der Waals surface area contributed by atoms with Gasteiger partial charge in [0, 0.05) is 13.1 Å². The van der Waals surface area contributed by atoms with Crippen molar-refractivity contribution in [1.82, 2.24) is 29.5 Å². The lowest BCUT2D eigenvalue weighted by molar-refractivity contribution is 0.0999. The third-order valence-electron chi connectivity index (χ3n) is 4.98. The number of fused-ring (bicyclic) bond motifs is 1. The number of amides is 1. The minimum Gasteiger partial charge on any atom is -0.462 e. The van der Waals surface area contributed by atoms with Gasteiger partial charge in [-0.3, -0.25) is 4.79 Å². The normalized spacial score (nSPS) is 14.2. The summed E-state index contributed by atoms with van der Waals surface area (Å²) in [7, 11) is 0. The van der Waals surface area contributed by atoms with Gasteiger partial charge >= 0.3 is 0 Å². The molecule has 4 aromatic heterocycles. The van der Waals surface area contributed by atoms with Crippen LogP contribution in [0, 0.1) is 0 Å². The highest BCUT2D eigenvalue weighted by molar-refractivity contribution is 5.93. The van der Waals surface area contributed by atoms with Crippen LogP contribution in [0.1, 0.15) is 29.6 Å². The van der Waals surface area contributed by atoms with E-state index in [1.165, 1.54) is 31.9 Å². The molecule has 0 aliphatic carbocycles. The van der Waals surface area contributed by atoms with E-state index < -0.39 is 5.91 Å². The van der Waals surface area contributed by atoms with Crippen LogP contribution < -0.4 is 16.0 Å². The molecule has 5 heterocycles. The lowest BCUT2D eigenvalue weighted by Crippen LogP contribution is -2.30. The first-order valence-corrected chi connectivity index (χ1v) is 9.60. The van der Waals surface area contributed by atoms with Crippen LogP contribution in [0.25, 0.3) is 17.1 Å². The number of hydrogen-bond acceptors (Lipinski definition) is 9. The summed E-state index contributed by atoms with van der Waals surface area (Å²) in [5.74, 6) is 1.07.